The molecule has 2 aliphatic heterocycles. The van der Waals surface area contributed by atoms with Crippen molar-refractivity contribution in [1.29, 1.82) is 0 Å². The SMILES string of the molecule is CC[C@H](C)[C@H](NC(=O)OC)C(=O)N1CCC[C@H]1Cc1ccc2cc(NC(=O)[C@H]3CCN(C(=O)[C@@H](NC(=O)OC)C(C)C)C3)ccc2c1. The van der Waals surface area contributed by atoms with Gasteiger partial charge in [-0.3, -0.25) is 14.4 Å². The van der Waals surface area contributed by atoms with Gasteiger partial charge in [0.25, 0.3) is 0 Å². The van der Waals surface area contributed by atoms with E-state index >= 15 is 0 Å². The van der Waals surface area contributed by atoms with Crippen LogP contribution in [0.15, 0.2) is 36.4 Å². The number of hydrogen-bond donors (Lipinski definition) is 3. The highest BCUT2D eigenvalue weighted by Crippen LogP contribution is 2.28. The average Bonchev–Trinajstić information content (AvgIpc) is 3.75. The molecule has 0 unspecified atom stereocenters. The van der Waals surface area contributed by atoms with Crippen LogP contribution in [-0.4, -0.2) is 91.7 Å². The first-order chi connectivity index (χ1) is 22.4. The second kappa shape index (κ2) is 16.0. The van der Waals surface area contributed by atoms with E-state index in [2.05, 4.69) is 32.8 Å². The van der Waals surface area contributed by atoms with Gasteiger partial charge >= 0.3 is 12.2 Å². The van der Waals surface area contributed by atoms with E-state index in [-0.39, 0.29) is 48.1 Å². The molecule has 2 heterocycles. The molecule has 2 aliphatic rings. The van der Waals surface area contributed by atoms with Crippen molar-refractivity contribution in [3.8, 4) is 0 Å². The van der Waals surface area contributed by atoms with Gasteiger partial charge in [0, 0.05) is 31.4 Å². The summed E-state index contributed by atoms with van der Waals surface area (Å²) in [5.74, 6) is -0.962. The van der Waals surface area contributed by atoms with Crippen molar-refractivity contribution in [3.05, 3.63) is 42.0 Å². The van der Waals surface area contributed by atoms with Crippen LogP contribution >= 0.6 is 0 Å². The topological polar surface area (TPSA) is 146 Å². The number of anilines is 1. The number of alkyl carbamates (subject to hydrolysis) is 2. The van der Waals surface area contributed by atoms with Crippen LogP contribution in [-0.2, 0) is 30.3 Å². The molecule has 4 rings (SSSR count). The Morgan fingerprint density at radius 2 is 1.51 bits per heavy atom. The van der Waals surface area contributed by atoms with E-state index in [1.807, 2.05) is 56.9 Å². The number of amides is 5. The zero-order valence-electron chi connectivity index (χ0n) is 28.3. The number of nitrogens with one attached hydrogen (secondary N) is 3. The van der Waals surface area contributed by atoms with E-state index in [9.17, 15) is 24.0 Å². The highest BCUT2D eigenvalue weighted by Gasteiger charge is 2.37. The predicted octanol–water partition coefficient (Wildman–Crippen LogP) is 4.31. The molecule has 0 aromatic heterocycles. The summed E-state index contributed by atoms with van der Waals surface area (Å²) in [6.45, 7) is 9.04. The smallest absolute Gasteiger partial charge is 0.407 e. The third-order valence-electron chi connectivity index (χ3n) is 9.50. The largest absolute Gasteiger partial charge is 0.453 e. The van der Waals surface area contributed by atoms with E-state index in [0.717, 1.165) is 35.6 Å². The first-order valence-corrected chi connectivity index (χ1v) is 16.6. The molecule has 47 heavy (non-hydrogen) atoms. The van der Waals surface area contributed by atoms with Crippen molar-refractivity contribution in [2.75, 3.05) is 39.2 Å². The van der Waals surface area contributed by atoms with Crippen LogP contribution in [0.2, 0.25) is 0 Å². The zero-order chi connectivity index (χ0) is 34.2. The Bertz CT molecular complexity index is 1460. The molecule has 2 aromatic rings. The van der Waals surface area contributed by atoms with Gasteiger partial charge in [-0.05, 0) is 66.0 Å². The molecule has 3 N–H and O–H groups in total. The maximum atomic E-state index is 13.6. The Hall–Kier alpha value is -4.35. The molecule has 2 fully saturated rings. The molecule has 5 atom stereocenters. The molecule has 2 saturated heterocycles. The van der Waals surface area contributed by atoms with Crippen LogP contribution in [0.1, 0.15) is 58.9 Å². The molecular formula is C35H49N5O7. The van der Waals surface area contributed by atoms with E-state index in [0.29, 0.717) is 31.6 Å². The second-order valence-electron chi connectivity index (χ2n) is 13.0. The molecule has 0 radical (unpaired) electrons. The molecule has 12 nitrogen and oxygen atoms in total. The minimum atomic E-state index is -0.725. The summed E-state index contributed by atoms with van der Waals surface area (Å²) in [5.41, 5.74) is 1.78. The first kappa shape index (κ1) is 35.5. The number of rotatable bonds is 11. The summed E-state index contributed by atoms with van der Waals surface area (Å²) >= 11 is 0. The van der Waals surface area contributed by atoms with Crippen LogP contribution < -0.4 is 16.0 Å². The third kappa shape index (κ3) is 8.72. The lowest BCUT2D eigenvalue weighted by Gasteiger charge is -2.31. The summed E-state index contributed by atoms with van der Waals surface area (Å²) < 4.78 is 9.44. The fraction of sp³-hybridized carbons (Fsp3) is 0.571. The lowest BCUT2D eigenvalue weighted by molar-refractivity contribution is -0.135. The number of likely N-dealkylation sites (tertiary alicyclic amines) is 2. The van der Waals surface area contributed by atoms with Crippen molar-refractivity contribution in [2.45, 2.75) is 77.9 Å². The zero-order valence-corrected chi connectivity index (χ0v) is 28.3. The molecule has 0 bridgehead atoms. The summed E-state index contributed by atoms with van der Waals surface area (Å²) in [6.07, 6.45) is 2.53. The van der Waals surface area contributed by atoms with E-state index in [1.54, 1.807) is 4.90 Å². The first-order valence-electron chi connectivity index (χ1n) is 16.6. The Morgan fingerprint density at radius 1 is 0.851 bits per heavy atom. The quantitative estimate of drug-likeness (QED) is 0.328. The molecular weight excluding hydrogens is 602 g/mol. The van der Waals surface area contributed by atoms with E-state index in [4.69, 9.17) is 4.74 Å². The highest BCUT2D eigenvalue weighted by molar-refractivity contribution is 5.96. The normalized spacial score (nSPS) is 19.6. The standard InChI is InChI=1S/C35H49N5O7/c1-7-22(4)30(38-35(45)47-6)33(43)40-15-8-9-28(40)18-23-10-11-25-19-27(13-12-24(25)17-23)36-31(41)26-14-16-39(20-26)32(42)29(21(2)3)37-34(44)46-5/h10-13,17,19,21-22,26,28-30H,7-9,14-16,18,20H2,1-6H3,(H,36,41)(H,37,44)(H,38,45)/t22-,26-,28-,29-,30-/m0/s1. The monoisotopic (exact) mass is 651 g/mol. The highest BCUT2D eigenvalue weighted by atomic mass is 16.5. The molecule has 0 saturated carbocycles. The van der Waals surface area contributed by atoms with Gasteiger partial charge < -0.3 is 35.2 Å². The molecule has 5 amide bonds. The van der Waals surface area contributed by atoms with Gasteiger partial charge in [-0.2, -0.15) is 0 Å². The van der Waals surface area contributed by atoms with Crippen molar-refractivity contribution in [1.82, 2.24) is 20.4 Å². The van der Waals surface area contributed by atoms with Crippen molar-refractivity contribution < 1.29 is 33.4 Å². The van der Waals surface area contributed by atoms with Gasteiger partial charge in [0.2, 0.25) is 17.7 Å². The minimum Gasteiger partial charge on any atom is -0.453 e. The number of fused-ring (bicyclic) bond motifs is 1. The van der Waals surface area contributed by atoms with Crippen LogP contribution in [0.3, 0.4) is 0 Å². The lowest BCUT2D eigenvalue weighted by Crippen LogP contribution is -2.53. The number of nitrogens with zero attached hydrogens (tertiary/aromatic N) is 2. The summed E-state index contributed by atoms with van der Waals surface area (Å²) in [4.78, 5) is 67.1. The predicted molar refractivity (Wildman–Crippen MR) is 179 cm³/mol. The van der Waals surface area contributed by atoms with E-state index in [1.165, 1.54) is 14.2 Å². The van der Waals surface area contributed by atoms with Crippen LogP contribution in [0.25, 0.3) is 10.8 Å². The van der Waals surface area contributed by atoms with Gasteiger partial charge in [-0.15, -0.1) is 0 Å². The number of ether oxygens (including phenoxy) is 2. The summed E-state index contributed by atoms with van der Waals surface area (Å²) in [6, 6.07) is 10.7. The van der Waals surface area contributed by atoms with Crippen molar-refractivity contribution in [3.63, 3.8) is 0 Å². The number of hydrogen-bond acceptors (Lipinski definition) is 7. The molecule has 0 spiro atoms. The number of benzene rings is 2. The maximum Gasteiger partial charge on any atom is 0.407 e. The van der Waals surface area contributed by atoms with Crippen molar-refractivity contribution >= 4 is 46.4 Å². The molecule has 2 aromatic carbocycles. The number of carbonyl (C=O) groups is 5. The van der Waals surface area contributed by atoms with Crippen LogP contribution in [0.5, 0.6) is 0 Å². The minimum absolute atomic E-state index is 0.0270. The fourth-order valence-corrected chi connectivity index (χ4v) is 6.47. The third-order valence-corrected chi connectivity index (χ3v) is 9.50. The molecule has 0 aliphatic carbocycles. The van der Waals surface area contributed by atoms with Crippen LogP contribution in [0.4, 0.5) is 15.3 Å². The van der Waals surface area contributed by atoms with E-state index < -0.39 is 24.3 Å². The Kier molecular flexibility index (Phi) is 12.1. The molecule has 256 valence electrons. The van der Waals surface area contributed by atoms with Gasteiger partial charge in [0.1, 0.15) is 12.1 Å². The molecule has 12 heteroatoms. The number of carbonyl (C=O) groups excluding carboxylic acids is 5. The van der Waals surface area contributed by atoms with Crippen LogP contribution in [0, 0.1) is 17.8 Å². The van der Waals surface area contributed by atoms with Gasteiger partial charge in [-0.1, -0.05) is 58.4 Å². The Morgan fingerprint density at radius 3 is 2.17 bits per heavy atom. The number of methoxy groups -OCH3 is 2. The average molecular weight is 652 g/mol. The van der Waals surface area contributed by atoms with Gasteiger partial charge in [-0.25, -0.2) is 9.59 Å². The summed E-state index contributed by atoms with van der Waals surface area (Å²) in [5, 5.41) is 10.4. The van der Waals surface area contributed by atoms with Gasteiger partial charge in [0.15, 0.2) is 0 Å². The van der Waals surface area contributed by atoms with Gasteiger partial charge in [0.05, 0.1) is 20.1 Å². The fourth-order valence-electron chi connectivity index (χ4n) is 6.47. The summed E-state index contributed by atoms with van der Waals surface area (Å²) in [7, 11) is 2.55. The van der Waals surface area contributed by atoms with Crippen molar-refractivity contribution in [2.24, 2.45) is 17.8 Å². The maximum absolute atomic E-state index is 13.6. The second-order valence-corrected chi connectivity index (χ2v) is 13.0. The lowest BCUT2D eigenvalue weighted by atomic mass is 9.96. The Balaban J connectivity index is 1.37. The Labute approximate surface area is 276 Å².